The molecule has 0 aliphatic heterocycles. The number of rotatable bonds is 4. The number of amides is 2. The lowest BCUT2D eigenvalue weighted by Crippen LogP contribution is -2.47. The lowest BCUT2D eigenvalue weighted by Gasteiger charge is -2.32. The van der Waals surface area contributed by atoms with Crippen molar-refractivity contribution in [1.29, 1.82) is 0 Å². The van der Waals surface area contributed by atoms with Crippen LogP contribution in [0.2, 0.25) is 0 Å². The molecule has 1 heterocycles. The number of hydrogen-bond donors (Lipinski definition) is 2. The first-order valence-electron chi connectivity index (χ1n) is 9.09. The Bertz CT molecular complexity index is 599. The fourth-order valence-corrected chi connectivity index (χ4v) is 6.49. The van der Waals surface area contributed by atoms with Gasteiger partial charge in [0.2, 0.25) is 0 Å². The Morgan fingerprint density at radius 3 is 2.83 bits per heavy atom. The van der Waals surface area contributed by atoms with Crippen molar-refractivity contribution in [3.63, 3.8) is 0 Å². The van der Waals surface area contributed by atoms with Crippen molar-refractivity contribution >= 4 is 17.4 Å². The number of nitrogens with one attached hydrogen (secondary N) is 2. The summed E-state index contributed by atoms with van der Waals surface area (Å²) in [5.74, 6) is 3.53. The number of urea groups is 1. The van der Waals surface area contributed by atoms with Gasteiger partial charge in [-0.3, -0.25) is 0 Å². The number of aryl methyl sites for hydroxylation is 2. The Balaban J connectivity index is 1.24. The average molecular weight is 334 g/mol. The third-order valence-electron chi connectivity index (χ3n) is 6.38. The summed E-state index contributed by atoms with van der Waals surface area (Å²) >= 11 is 1.74. The molecule has 1 aromatic heterocycles. The highest BCUT2D eigenvalue weighted by atomic mass is 32.1. The fourth-order valence-electron chi connectivity index (χ4n) is 5.55. The summed E-state index contributed by atoms with van der Waals surface area (Å²) in [4.78, 5) is 17.9. The Morgan fingerprint density at radius 1 is 1.22 bits per heavy atom. The Labute approximate surface area is 142 Å². The molecule has 2 amide bonds. The van der Waals surface area contributed by atoms with Gasteiger partial charge in [0.15, 0.2) is 0 Å². The van der Waals surface area contributed by atoms with E-state index in [4.69, 9.17) is 0 Å². The van der Waals surface area contributed by atoms with Crippen molar-refractivity contribution in [1.82, 2.24) is 15.6 Å². The van der Waals surface area contributed by atoms with Crippen LogP contribution in [0.5, 0.6) is 0 Å². The van der Waals surface area contributed by atoms with E-state index in [2.05, 4.69) is 15.6 Å². The van der Waals surface area contributed by atoms with E-state index < -0.39 is 0 Å². The first-order valence-corrected chi connectivity index (χ1v) is 9.90. The van der Waals surface area contributed by atoms with Crippen LogP contribution >= 0.6 is 11.3 Å². The Morgan fingerprint density at radius 2 is 2.04 bits per heavy atom. The van der Waals surface area contributed by atoms with Gasteiger partial charge in [-0.1, -0.05) is 6.42 Å². The minimum absolute atomic E-state index is 0.0241. The maximum absolute atomic E-state index is 12.2. The van der Waals surface area contributed by atoms with Gasteiger partial charge in [0.1, 0.15) is 0 Å². The maximum Gasteiger partial charge on any atom is 0.315 e. The highest BCUT2D eigenvalue weighted by molar-refractivity contribution is 7.11. The van der Waals surface area contributed by atoms with Gasteiger partial charge >= 0.3 is 6.03 Å². The number of nitrogens with zero attached hydrogens (tertiary/aromatic N) is 1. The number of aromatic nitrogens is 1. The zero-order valence-electron chi connectivity index (χ0n) is 14.1. The van der Waals surface area contributed by atoms with Gasteiger partial charge < -0.3 is 10.6 Å². The molecule has 2 N–H and O–H groups in total. The van der Waals surface area contributed by atoms with Crippen LogP contribution in [0.3, 0.4) is 0 Å². The highest BCUT2D eigenvalue weighted by Gasteiger charge is 2.53. The first kappa shape index (κ1) is 15.4. The standard InChI is InChI=1S/C18H27N3OS/c1-10-17(23-11(2)20-10)6-7-19-18(22)21-16-9-12-8-15(16)14-5-3-4-13(12)14/h12-16H,3-9H2,1-2H3,(H2,19,21,22). The molecule has 0 spiro atoms. The van der Waals surface area contributed by atoms with E-state index in [-0.39, 0.29) is 6.03 Å². The molecule has 4 rings (SSSR count). The van der Waals surface area contributed by atoms with Crippen molar-refractivity contribution in [2.45, 2.75) is 58.4 Å². The van der Waals surface area contributed by atoms with E-state index in [0.29, 0.717) is 12.6 Å². The van der Waals surface area contributed by atoms with E-state index in [1.807, 2.05) is 13.8 Å². The number of carbonyl (C=O) groups excluding carboxylic acids is 1. The summed E-state index contributed by atoms with van der Waals surface area (Å²) in [5.41, 5.74) is 1.11. The molecular weight excluding hydrogens is 306 g/mol. The Hall–Kier alpha value is -1.10. The van der Waals surface area contributed by atoms with Gasteiger partial charge in [-0.2, -0.15) is 0 Å². The van der Waals surface area contributed by atoms with Crippen LogP contribution in [0.15, 0.2) is 0 Å². The molecule has 5 atom stereocenters. The quantitative estimate of drug-likeness (QED) is 0.887. The van der Waals surface area contributed by atoms with Crippen molar-refractivity contribution in [3.8, 4) is 0 Å². The molecule has 3 aliphatic rings. The number of fused-ring (bicyclic) bond motifs is 5. The second-order valence-corrected chi connectivity index (χ2v) is 8.94. The molecule has 3 fully saturated rings. The van der Waals surface area contributed by atoms with Crippen LogP contribution in [0, 0.1) is 37.5 Å². The number of thiazole rings is 1. The predicted octanol–water partition coefficient (Wildman–Crippen LogP) is 3.43. The zero-order chi connectivity index (χ0) is 16.0. The number of hydrogen-bond acceptors (Lipinski definition) is 3. The van der Waals surface area contributed by atoms with Gasteiger partial charge in [-0.15, -0.1) is 11.3 Å². The van der Waals surface area contributed by atoms with Gasteiger partial charge in [-0.25, -0.2) is 9.78 Å². The summed E-state index contributed by atoms with van der Waals surface area (Å²) < 4.78 is 0. The molecule has 5 unspecified atom stereocenters. The average Bonchev–Trinajstić information content (AvgIpc) is 3.21. The third kappa shape index (κ3) is 2.88. The van der Waals surface area contributed by atoms with E-state index >= 15 is 0 Å². The number of carbonyl (C=O) groups is 1. The van der Waals surface area contributed by atoms with Crippen LogP contribution in [0.1, 0.15) is 47.7 Å². The smallest absolute Gasteiger partial charge is 0.315 e. The van der Waals surface area contributed by atoms with Crippen LogP contribution in [-0.2, 0) is 6.42 Å². The first-order chi connectivity index (χ1) is 11.1. The molecule has 0 aromatic carbocycles. The van der Waals surface area contributed by atoms with Gasteiger partial charge in [0.05, 0.1) is 10.7 Å². The predicted molar refractivity (Wildman–Crippen MR) is 92.7 cm³/mol. The molecule has 2 bridgehead atoms. The van der Waals surface area contributed by atoms with Crippen LogP contribution < -0.4 is 10.6 Å². The summed E-state index contributed by atoms with van der Waals surface area (Å²) in [6, 6.07) is 0.447. The van der Waals surface area contributed by atoms with Crippen LogP contribution in [-0.4, -0.2) is 23.6 Å². The molecule has 3 aliphatic carbocycles. The third-order valence-corrected chi connectivity index (χ3v) is 7.52. The molecule has 4 nitrogen and oxygen atoms in total. The minimum atomic E-state index is 0.0241. The maximum atomic E-state index is 12.2. The molecule has 3 saturated carbocycles. The lowest BCUT2D eigenvalue weighted by atomic mass is 9.79. The van der Waals surface area contributed by atoms with E-state index in [1.54, 1.807) is 11.3 Å². The molecule has 23 heavy (non-hydrogen) atoms. The molecule has 0 radical (unpaired) electrons. The van der Waals surface area contributed by atoms with Crippen molar-refractivity contribution in [3.05, 3.63) is 15.6 Å². The molecule has 1 aromatic rings. The van der Waals surface area contributed by atoms with E-state index in [9.17, 15) is 4.79 Å². The molecule has 0 saturated heterocycles. The van der Waals surface area contributed by atoms with Crippen LogP contribution in [0.25, 0.3) is 0 Å². The largest absolute Gasteiger partial charge is 0.338 e. The van der Waals surface area contributed by atoms with E-state index in [0.717, 1.165) is 40.8 Å². The normalized spacial score (nSPS) is 34.6. The zero-order valence-corrected chi connectivity index (χ0v) is 14.9. The molecule has 5 heteroatoms. The lowest BCUT2D eigenvalue weighted by molar-refractivity contribution is 0.198. The van der Waals surface area contributed by atoms with Gasteiger partial charge in [0, 0.05) is 23.9 Å². The Kier molecular flexibility index (Phi) is 4.08. The summed E-state index contributed by atoms with van der Waals surface area (Å²) in [7, 11) is 0. The van der Waals surface area contributed by atoms with Crippen molar-refractivity contribution in [2.24, 2.45) is 23.7 Å². The SMILES string of the molecule is Cc1nc(C)c(CCNC(=O)NC2CC3CC2C2CCCC32)s1. The topological polar surface area (TPSA) is 54.0 Å². The summed E-state index contributed by atoms with van der Waals surface area (Å²) in [6.45, 7) is 4.78. The monoisotopic (exact) mass is 333 g/mol. The van der Waals surface area contributed by atoms with Crippen molar-refractivity contribution < 1.29 is 4.79 Å². The second kappa shape index (κ2) is 6.08. The van der Waals surface area contributed by atoms with Gasteiger partial charge in [0.25, 0.3) is 0 Å². The van der Waals surface area contributed by atoms with Crippen LogP contribution in [0.4, 0.5) is 4.79 Å². The highest BCUT2D eigenvalue weighted by Crippen LogP contribution is 2.58. The second-order valence-electron chi connectivity index (χ2n) is 7.65. The van der Waals surface area contributed by atoms with E-state index in [1.165, 1.54) is 37.0 Å². The van der Waals surface area contributed by atoms with Gasteiger partial charge in [-0.05, 0) is 63.2 Å². The molecular formula is C18H27N3OS. The minimum Gasteiger partial charge on any atom is -0.338 e. The fraction of sp³-hybridized carbons (Fsp3) is 0.778. The summed E-state index contributed by atoms with van der Waals surface area (Å²) in [5, 5.41) is 7.42. The van der Waals surface area contributed by atoms with Crippen molar-refractivity contribution in [2.75, 3.05) is 6.54 Å². The molecule has 126 valence electrons. The summed E-state index contributed by atoms with van der Waals surface area (Å²) in [6.07, 6.45) is 7.71.